The summed E-state index contributed by atoms with van der Waals surface area (Å²) in [6.45, 7) is 1.40. The average molecular weight is 218 g/mol. The van der Waals surface area contributed by atoms with Gasteiger partial charge in [-0.15, -0.1) is 0 Å². The van der Waals surface area contributed by atoms with Crippen molar-refractivity contribution in [1.82, 2.24) is 0 Å². The summed E-state index contributed by atoms with van der Waals surface area (Å²) in [6, 6.07) is 9.13. The lowest BCUT2D eigenvalue weighted by Gasteiger charge is -2.05. The molecule has 2 N–H and O–H groups in total. The molecule has 0 bridgehead atoms. The van der Waals surface area contributed by atoms with Gasteiger partial charge < -0.3 is 5.73 Å². The second-order valence-electron chi connectivity index (χ2n) is 2.86. The SMILES string of the molecule is CC(=O)C(SC#N)=C(N)c1ccccc1. The fourth-order valence-corrected chi connectivity index (χ4v) is 1.57. The van der Waals surface area contributed by atoms with Crippen molar-refractivity contribution in [2.24, 2.45) is 5.73 Å². The maximum Gasteiger partial charge on any atom is 0.169 e. The number of nitriles is 1. The predicted octanol–water partition coefficient (Wildman–Crippen LogP) is 2.12. The zero-order chi connectivity index (χ0) is 11.3. The van der Waals surface area contributed by atoms with Crippen molar-refractivity contribution in [3.05, 3.63) is 40.8 Å². The summed E-state index contributed by atoms with van der Waals surface area (Å²) in [4.78, 5) is 11.5. The molecule has 1 rings (SSSR count). The summed E-state index contributed by atoms with van der Waals surface area (Å²) >= 11 is 0.798. The van der Waals surface area contributed by atoms with E-state index in [1.165, 1.54) is 6.92 Å². The van der Waals surface area contributed by atoms with E-state index in [-0.39, 0.29) is 5.78 Å². The molecule has 0 spiro atoms. The minimum absolute atomic E-state index is 0.192. The highest BCUT2D eigenvalue weighted by molar-refractivity contribution is 8.08. The van der Waals surface area contributed by atoms with Crippen LogP contribution in [0.1, 0.15) is 12.5 Å². The first-order valence-electron chi connectivity index (χ1n) is 4.29. The first-order valence-corrected chi connectivity index (χ1v) is 5.10. The molecule has 4 heteroatoms. The number of ketones is 1. The second-order valence-corrected chi connectivity index (χ2v) is 3.65. The molecule has 3 nitrogen and oxygen atoms in total. The Morgan fingerprint density at radius 2 is 2.00 bits per heavy atom. The Hall–Kier alpha value is -1.73. The lowest BCUT2D eigenvalue weighted by atomic mass is 10.1. The van der Waals surface area contributed by atoms with Gasteiger partial charge >= 0.3 is 0 Å². The molecule has 76 valence electrons. The van der Waals surface area contributed by atoms with Gasteiger partial charge in [0.2, 0.25) is 0 Å². The molecule has 0 fully saturated rings. The third-order valence-corrected chi connectivity index (χ3v) is 2.60. The summed E-state index contributed by atoms with van der Waals surface area (Å²) in [5.41, 5.74) is 6.92. The van der Waals surface area contributed by atoms with Gasteiger partial charge in [-0.2, -0.15) is 5.26 Å². The van der Waals surface area contributed by atoms with Crippen molar-refractivity contribution in [2.45, 2.75) is 6.92 Å². The maximum atomic E-state index is 11.2. The van der Waals surface area contributed by atoms with E-state index in [0.717, 1.165) is 17.3 Å². The number of carbonyl (C=O) groups excluding carboxylic acids is 1. The van der Waals surface area contributed by atoms with Crippen LogP contribution in [0.5, 0.6) is 0 Å². The van der Waals surface area contributed by atoms with E-state index in [9.17, 15) is 4.79 Å². The smallest absolute Gasteiger partial charge is 0.169 e. The minimum atomic E-state index is -0.192. The molecule has 0 saturated heterocycles. The molecule has 1 aromatic carbocycles. The topological polar surface area (TPSA) is 66.9 Å². The summed E-state index contributed by atoms with van der Waals surface area (Å²) in [6.07, 6.45) is 0. The molecule has 0 saturated carbocycles. The van der Waals surface area contributed by atoms with Crippen molar-refractivity contribution in [3.8, 4) is 5.40 Å². The van der Waals surface area contributed by atoms with Crippen molar-refractivity contribution in [3.63, 3.8) is 0 Å². The Morgan fingerprint density at radius 1 is 1.40 bits per heavy atom. The molecule has 0 aromatic heterocycles. The summed E-state index contributed by atoms with van der Waals surface area (Å²) in [7, 11) is 0. The van der Waals surface area contributed by atoms with Gasteiger partial charge in [0.25, 0.3) is 0 Å². The van der Waals surface area contributed by atoms with Gasteiger partial charge in [-0.05, 0) is 24.2 Å². The molecular weight excluding hydrogens is 208 g/mol. The number of nitrogens with two attached hydrogens (primary N) is 1. The monoisotopic (exact) mass is 218 g/mol. The standard InChI is InChI=1S/C11H10N2OS/c1-8(14)11(15-7-12)10(13)9-5-3-2-4-6-9/h2-6H,13H2,1H3. The molecule has 15 heavy (non-hydrogen) atoms. The third kappa shape index (κ3) is 2.86. The zero-order valence-electron chi connectivity index (χ0n) is 8.23. The summed E-state index contributed by atoms with van der Waals surface area (Å²) < 4.78 is 0. The van der Waals surface area contributed by atoms with Gasteiger partial charge in [0.05, 0.1) is 10.6 Å². The van der Waals surface area contributed by atoms with Crippen LogP contribution in [-0.2, 0) is 4.79 Å². The molecule has 0 radical (unpaired) electrons. The molecule has 0 amide bonds. The maximum absolute atomic E-state index is 11.2. The Morgan fingerprint density at radius 3 is 2.47 bits per heavy atom. The summed E-state index contributed by atoms with van der Waals surface area (Å²) in [5, 5.41) is 10.4. The van der Waals surface area contributed by atoms with E-state index in [2.05, 4.69) is 0 Å². The lowest BCUT2D eigenvalue weighted by molar-refractivity contribution is -0.112. The molecule has 1 aromatic rings. The van der Waals surface area contributed by atoms with E-state index < -0.39 is 0 Å². The van der Waals surface area contributed by atoms with Crippen LogP contribution in [0.2, 0.25) is 0 Å². The van der Waals surface area contributed by atoms with Crippen molar-refractivity contribution in [1.29, 1.82) is 5.26 Å². The number of hydrogen-bond acceptors (Lipinski definition) is 4. The summed E-state index contributed by atoms with van der Waals surface area (Å²) in [5.74, 6) is -0.192. The fraction of sp³-hybridized carbons (Fsp3) is 0.0909. The predicted molar refractivity (Wildman–Crippen MR) is 61.4 cm³/mol. The highest BCUT2D eigenvalue weighted by Gasteiger charge is 2.11. The van der Waals surface area contributed by atoms with Crippen LogP contribution in [0, 0.1) is 10.7 Å². The number of benzene rings is 1. The highest BCUT2D eigenvalue weighted by Crippen LogP contribution is 2.23. The highest BCUT2D eigenvalue weighted by atomic mass is 32.2. The van der Waals surface area contributed by atoms with Gasteiger partial charge in [-0.1, -0.05) is 30.3 Å². The van der Waals surface area contributed by atoms with Crippen LogP contribution in [0.25, 0.3) is 5.70 Å². The second kappa shape index (κ2) is 5.23. The van der Waals surface area contributed by atoms with E-state index in [1.807, 2.05) is 23.6 Å². The first-order chi connectivity index (χ1) is 7.16. The van der Waals surface area contributed by atoms with E-state index >= 15 is 0 Å². The number of thiocyanates is 1. The van der Waals surface area contributed by atoms with Crippen LogP contribution >= 0.6 is 11.8 Å². The van der Waals surface area contributed by atoms with Gasteiger partial charge in [0.15, 0.2) is 5.78 Å². The molecule has 0 aliphatic heterocycles. The normalized spacial score (nSPS) is 11.5. The Labute approximate surface area is 92.6 Å². The van der Waals surface area contributed by atoms with E-state index in [1.54, 1.807) is 12.1 Å². The minimum Gasteiger partial charge on any atom is -0.397 e. The first kappa shape index (κ1) is 11.3. The quantitative estimate of drug-likeness (QED) is 0.623. The zero-order valence-corrected chi connectivity index (χ0v) is 9.04. The largest absolute Gasteiger partial charge is 0.397 e. The molecule has 0 aliphatic rings. The van der Waals surface area contributed by atoms with Crippen molar-refractivity contribution in [2.75, 3.05) is 0 Å². The van der Waals surface area contributed by atoms with Crippen LogP contribution in [-0.4, -0.2) is 5.78 Å². The van der Waals surface area contributed by atoms with Gasteiger partial charge in [0.1, 0.15) is 5.40 Å². The van der Waals surface area contributed by atoms with Crippen molar-refractivity contribution >= 4 is 23.2 Å². The Bertz CT molecular complexity index is 432. The Balaban J connectivity index is 3.17. The molecule has 0 unspecified atom stereocenters. The van der Waals surface area contributed by atoms with Crippen molar-refractivity contribution < 1.29 is 4.79 Å². The third-order valence-electron chi connectivity index (χ3n) is 1.80. The average Bonchev–Trinajstić information content (AvgIpc) is 2.26. The number of rotatable bonds is 3. The number of thioether (sulfide) groups is 1. The molecule has 0 aliphatic carbocycles. The van der Waals surface area contributed by atoms with Crippen LogP contribution in [0.3, 0.4) is 0 Å². The lowest BCUT2D eigenvalue weighted by Crippen LogP contribution is -2.04. The van der Waals surface area contributed by atoms with E-state index in [4.69, 9.17) is 11.0 Å². The molecular formula is C11H10N2OS. The van der Waals surface area contributed by atoms with E-state index in [0.29, 0.717) is 10.6 Å². The van der Waals surface area contributed by atoms with Gasteiger partial charge in [-0.3, -0.25) is 4.79 Å². The van der Waals surface area contributed by atoms with Gasteiger partial charge in [-0.25, -0.2) is 0 Å². The van der Waals surface area contributed by atoms with Crippen LogP contribution in [0.15, 0.2) is 35.2 Å². The fourth-order valence-electron chi connectivity index (χ4n) is 1.11. The molecule has 0 heterocycles. The van der Waals surface area contributed by atoms with Crippen LogP contribution in [0.4, 0.5) is 0 Å². The Kier molecular flexibility index (Phi) is 3.95. The number of nitrogens with zero attached hydrogens (tertiary/aromatic N) is 1. The molecule has 0 atom stereocenters. The number of carbonyl (C=O) groups is 1. The van der Waals surface area contributed by atoms with Crippen LogP contribution < -0.4 is 5.73 Å². The number of hydrogen-bond donors (Lipinski definition) is 1. The number of allylic oxidation sites excluding steroid dienone is 1. The van der Waals surface area contributed by atoms with Gasteiger partial charge in [0, 0.05) is 0 Å². The number of Topliss-reactive ketones (excluding diaryl/α,β-unsaturated/α-hetero) is 1.